The average Bonchev–Trinajstić information content (AvgIpc) is 2.61. The van der Waals surface area contributed by atoms with Crippen LogP contribution in [-0.4, -0.2) is 33.9 Å². The number of rotatable bonds is 7. The molecule has 0 unspecified atom stereocenters. The van der Waals surface area contributed by atoms with Crippen molar-refractivity contribution in [1.82, 2.24) is 15.1 Å². The second kappa shape index (κ2) is 9.72. The monoisotopic (exact) mass is 432 g/mol. The zero-order valence-electron chi connectivity index (χ0n) is 14.1. The zero-order valence-corrected chi connectivity index (χ0v) is 16.4. The number of hydrogen-bond acceptors (Lipinski definition) is 5. The number of carbonyl (C=O) groups excluding carboxylic acids is 2. The van der Waals surface area contributed by atoms with Gasteiger partial charge in [0.25, 0.3) is 5.56 Å². The number of nitrogens with one attached hydrogen (secondary N) is 2. The van der Waals surface area contributed by atoms with Gasteiger partial charge in [0.15, 0.2) is 0 Å². The summed E-state index contributed by atoms with van der Waals surface area (Å²) in [6.07, 6.45) is 1.30. The molecule has 1 aromatic carbocycles. The topological polar surface area (TPSA) is 93.1 Å². The Kier molecular flexibility index (Phi) is 7.64. The Morgan fingerprint density at radius 3 is 2.70 bits per heavy atom. The number of amides is 2. The minimum absolute atomic E-state index is 0.0716. The lowest BCUT2D eigenvalue weighted by molar-refractivity contribution is -0.118. The standard InChI is InChI=1S/C16H15Cl2FN4O3S/c1-2-20-14(25)8-27-12-6-21-23(16(26)15(12)18)7-13(24)22-11-4-3-9(17)5-10(11)19/h3-6H,2,7-8H2,1H3,(H,20,25)(H,22,24). The van der Waals surface area contributed by atoms with E-state index in [4.69, 9.17) is 23.2 Å². The van der Waals surface area contributed by atoms with Gasteiger partial charge in [0.05, 0.1) is 22.5 Å². The maximum Gasteiger partial charge on any atom is 0.287 e. The molecule has 0 radical (unpaired) electrons. The molecule has 2 N–H and O–H groups in total. The van der Waals surface area contributed by atoms with Gasteiger partial charge in [-0.1, -0.05) is 23.2 Å². The lowest BCUT2D eigenvalue weighted by Gasteiger charge is -2.09. The van der Waals surface area contributed by atoms with Crippen LogP contribution in [-0.2, 0) is 16.1 Å². The van der Waals surface area contributed by atoms with Crippen molar-refractivity contribution in [3.8, 4) is 0 Å². The molecule has 1 aromatic heterocycles. The maximum atomic E-state index is 13.7. The summed E-state index contributed by atoms with van der Waals surface area (Å²) in [5.41, 5.74) is -0.762. The van der Waals surface area contributed by atoms with Gasteiger partial charge in [-0.2, -0.15) is 5.10 Å². The van der Waals surface area contributed by atoms with Crippen LogP contribution in [0.5, 0.6) is 0 Å². The summed E-state index contributed by atoms with van der Waals surface area (Å²) in [5, 5.41) is 8.86. The highest BCUT2D eigenvalue weighted by Crippen LogP contribution is 2.23. The lowest BCUT2D eigenvalue weighted by Crippen LogP contribution is -2.30. The minimum atomic E-state index is -0.703. The van der Waals surface area contributed by atoms with Gasteiger partial charge in [0.1, 0.15) is 17.4 Å². The molecule has 2 aromatic rings. The SMILES string of the molecule is CCNC(=O)CSc1cnn(CC(=O)Nc2ccc(Cl)cc2F)c(=O)c1Cl. The number of halogens is 3. The van der Waals surface area contributed by atoms with Gasteiger partial charge in [-0.05, 0) is 25.1 Å². The largest absolute Gasteiger partial charge is 0.356 e. The normalized spacial score (nSPS) is 10.5. The van der Waals surface area contributed by atoms with Crippen molar-refractivity contribution in [3.05, 3.63) is 50.6 Å². The molecule has 0 aliphatic heterocycles. The third-order valence-electron chi connectivity index (χ3n) is 3.18. The maximum absolute atomic E-state index is 13.7. The van der Waals surface area contributed by atoms with E-state index in [1.165, 1.54) is 18.3 Å². The minimum Gasteiger partial charge on any atom is -0.356 e. The van der Waals surface area contributed by atoms with Gasteiger partial charge in [0.2, 0.25) is 11.8 Å². The fourth-order valence-corrected chi connectivity index (χ4v) is 3.16. The third kappa shape index (κ3) is 5.95. The summed E-state index contributed by atoms with van der Waals surface area (Å²) in [6.45, 7) is 1.83. The highest BCUT2D eigenvalue weighted by molar-refractivity contribution is 8.00. The highest BCUT2D eigenvalue weighted by Gasteiger charge is 2.14. The van der Waals surface area contributed by atoms with Crippen molar-refractivity contribution in [2.45, 2.75) is 18.4 Å². The lowest BCUT2D eigenvalue weighted by atomic mass is 10.3. The van der Waals surface area contributed by atoms with Gasteiger partial charge in [-0.15, -0.1) is 11.8 Å². The number of carbonyl (C=O) groups is 2. The summed E-state index contributed by atoms with van der Waals surface area (Å²) in [6, 6.07) is 3.78. The molecule has 0 aliphatic carbocycles. The van der Waals surface area contributed by atoms with E-state index < -0.39 is 23.8 Å². The second-order valence-electron chi connectivity index (χ2n) is 5.20. The summed E-state index contributed by atoms with van der Waals surface area (Å²) >= 11 is 12.7. The van der Waals surface area contributed by atoms with E-state index >= 15 is 0 Å². The van der Waals surface area contributed by atoms with Crippen LogP contribution in [0.2, 0.25) is 10.0 Å². The first-order chi connectivity index (χ1) is 12.8. The molecule has 0 bridgehead atoms. The summed E-state index contributed by atoms with van der Waals surface area (Å²) < 4.78 is 14.6. The first kappa shape index (κ1) is 21.2. The van der Waals surface area contributed by atoms with Gasteiger partial charge in [-0.25, -0.2) is 9.07 Å². The van der Waals surface area contributed by atoms with E-state index in [1.807, 2.05) is 0 Å². The van der Waals surface area contributed by atoms with Crippen LogP contribution < -0.4 is 16.2 Å². The van der Waals surface area contributed by atoms with Gasteiger partial charge in [0, 0.05) is 11.6 Å². The molecule has 0 fully saturated rings. The van der Waals surface area contributed by atoms with E-state index in [9.17, 15) is 18.8 Å². The van der Waals surface area contributed by atoms with Gasteiger partial charge >= 0.3 is 0 Å². The number of aromatic nitrogens is 2. The molecule has 0 saturated carbocycles. The predicted octanol–water partition coefficient (Wildman–Crippen LogP) is 2.56. The van der Waals surface area contributed by atoms with Crippen molar-refractivity contribution in [1.29, 1.82) is 0 Å². The Bertz CT molecular complexity index is 923. The summed E-state index contributed by atoms with van der Waals surface area (Å²) in [4.78, 5) is 36.1. The van der Waals surface area contributed by atoms with Crippen LogP contribution in [0, 0.1) is 5.82 Å². The Morgan fingerprint density at radius 2 is 2.04 bits per heavy atom. The van der Waals surface area contributed by atoms with E-state index in [0.717, 1.165) is 22.5 Å². The predicted molar refractivity (Wildman–Crippen MR) is 103 cm³/mol. The molecular weight excluding hydrogens is 418 g/mol. The first-order valence-corrected chi connectivity index (χ1v) is 9.46. The van der Waals surface area contributed by atoms with Crippen LogP contribution in [0.15, 0.2) is 34.1 Å². The molecule has 27 heavy (non-hydrogen) atoms. The quantitative estimate of drug-likeness (QED) is 0.655. The molecule has 1 heterocycles. The molecule has 2 rings (SSSR count). The molecule has 0 atom stereocenters. The second-order valence-corrected chi connectivity index (χ2v) is 7.03. The molecule has 0 aliphatic rings. The number of benzene rings is 1. The average molecular weight is 433 g/mol. The summed E-state index contributed by atoms with van der Waals surface area (Å²) in [5.74, 6) is -1.49. The van der Waals surface area contributed by atoms with Crippen molar-refractivity contribution in [2.75, 3.05) is 17.6 Å². The molecular formula is C16H15Cl2FN4O3S. The van der Waals surface area contributed by atoms with Crippen LogP contribution in [0.1, 0.15) is 6.92 Å². The number of nitrogens with zero attached hydrogens (tertiary/aromatic N) is 2. The van der Waals surface area contributed by atoms with E-state index in [1.54, 1.807) is 6.92 Å². The number of hydrogen-bond donors (Lipinski definition) is 2. The van der Waals surface area contributed by atoms with Crippen LogP contribution in [0.25, 0.3) is 0 Å². The molecule has 0 saturated heterocycles. The number of anilines is 1. The van der Waals surface area contributed by atoms with Crippen molar-refractivity contribution in [2.24, 2.45) is 0 Å². The Hall–Kier alpha value is -2.10. The smallest absolute Gasteiger partial charge is 0.287 e. The third-order valence-corrected chi connectivity index (χ3v) is 4.92. The van der Waals surface area contributed by atoms with Gasteiger partial charge in [-0.3, -0.25) is 14.4 Å². The van der Waals surface area contributed by atoms with E-state index in [2.05, 4.69) is 15.7 Å². The zero-order chi connectivity index (χ0) is 20.0. The molecule has 11 heteroatoms. The number of thioether (sulfide) groups is 1. The molecule has 0 spiro atoms. The Balaban J connectivity index is 2.06. The fraction of sp³-hybridized carbons (Fsp3) is 0.250. The van der Waals surface area contributed by atoms with Crippen LogP contribution >= 0.6 is 35.0 Å². The molecule has 7 nitrogen and oxygen atoms in total. The molecule has 2 amide bonds. The highest BCUT2D eigenvalue weighted by atomic mass is 35.5. The Labute approximate surface area is 168 Å². The van der Waals surface area contributed by atoms with Gasteiger partial charge < -0.3 is 10.6 Å². The van der Waals surface area contributed by atoms with E-state index in [0.29, 0.717) is 11.4 Å². The van der Waals surface area contributed by atoms with Crippen molar-refractivity contribution >= 4 is 52.5 Å². The molecule has 144 valence electrons. The first-order valence-electron chi connectivity index (χ1n) is 7.71. The Morgan fingerprint density at radius 1 is 1.30 bits per heavy atom. The van der Waals surface area contributed by atoms with Crippen LogP contribution in [0.4, 0.5) is 10.1 Å². The fourth-order valence-electron chi connectivity index (χ4n) is 1.97. The van der Waals surface area contributed by atoms with Crippen molar-refractivity contribution < 1.29 is 14.0 Å². The van der Waals surface area contributed by atoms with E-state index in [-0.39, 0.29) is 27.4 Å². The summed E-state index contributed by atoms with van der Waals surface area (Å²) in [7, 11) is 0. The van der Waals surface area contributed by atoms with Crippen molar-refractivity contribution in [3.63, 3.8) is 0 Å². The van der Waals surface area contributed by atoms with Crippen LogP contribution in [0.3, 0.4) is 0 Å².